The van der Waals surface area contributed by atoms with Crippen LogP contribution < -0.4 is 0 Å². The Morgan fingerprint density at radius 2 is 0.690 bits per heavy atom. The highest BCUT2D eigenvalue weighted by Gasteiger charge is 2.19. The number of rotatable bonds is 39. The predicted molar refractivity (Wildman–Crippen MR) is 247 cm³/mol. The number of unbranched alkanes of at least 4 members (excludes halogenated alkanes) is 16. The van der Waals surface area contributed by atoms with Gasteiger partial charge in [0.2, 0.25) is 0 Å². The second-order valence-electron chi connectivity index (χ2n) is 14.7. The van der Waals surface area contributed by atoms with Gasteiger partial charge in [-0.2, -0.15) is 0 Å². The Bertz CT molecular complexity index is 1240. The molecule has 0 aromatic rings. The summed E-state index contributed by atoms with van der Waals surface area (Å²) in [4.78, 5) is 37.8. The van der Waals surface area contributed by atoms with E-state index in [4.69, 9.17) is 14.2 Å². The van der Waals surface area contributed by atoms with Crippen LogP contribution in [0.15, 0.2) is 109 Å². The maximum absolute atomic E-state index is 12.7. The molecule has 58 heavy (non-hydrogen) atoms. The molecule has 0 spiro atoms. The van der Waals surface area contributed by atoms with Gasteiger partial charge in [-0.3, -0.25) is 14.4 Å². The van der Waals surface area contributed by atoms with Crippen LogP contribution in [0.3, 0.4) is 0 Å². The van der Waals surface area contributed by atoms with E-state index < -0.39 is 6.10 Å². The number of carbonyl (C=O) groups is 3. The summed E-state index contributed by atoms with van der Waals surface area (Å²) < 4.78 is 16.7. The summed E-state index contributed by atoms with van der Waals surface area (Å²) in [5.74, 6) is -0.986. The number of esters is 3. The molecule has 0 aliphatic heterocycles. The molecule has 6 heteroatoms. The van der Waals surface area contributed by atoms with E-state index in [1.165, 1.54) is 32.1 Å². The standard InChI is InChI=1S/C52H82O6/c1-4-7-10-13-16-19-22-24-26-28-30-33-36-39-42-45-51(54)57-48-49(47-56-50(53)44-41-38-35-32-21-18-15-12-9-6-3)58-52(55)46-43-40-37-34-31-29-27-25-23-20-17-14-11-8-5-2/h7-8,10-11,13-20,22-24,26,28,30,49H,4-6,9,12,21,25,27,29,31-48H2,1-3H3/b10-7-,11-8-,16-13-,17-14-,18-15-,22-19-,23-20-,26-24-,30-28-. The first-order valence-corrected chi connectivity index (χ1v) is 23.0. The summed E-state index contributed by atoms with van der Waals surface area (Å²) in [5, 5.41) is 0. The maximum atomic E-state index is 12.7. The van der Waals surface area contributed by atoms with E-state index in [0.717, 1.165) is 109 Å². The Morgan fingerprint density at radius 3 is 1.12 bits per heavy atom. The highest BCUT2D eigenvalue weighted by molar-refractivity contribution is 5.71. The Morgan fingerprint density at radius 1 is 0.362 bits per heavy atom. The third-order valence-electron chi connectivity index (χ3n) is 9.18. The van der Waals surface area contributed by atoms with Crippen LogP contribution in [-0.2, 0) is 28.6 Å². The quantitative estimate of drug-likeness (QED) is 0.0202. The number of carbonyl (C=O) groups excluding carboxylic acids is 3. The lowest BCUT2D eigenvalue weighted by Gasteiger charge is -2.18. The molecule has 0 saturated carbocycles. The molecule has 6 nitrogen and oxygen atoms in total. The van der Waals surface area contributed by atoms with E-state index >= 15 is 0 Å². The molecule has 0 amide bonds. The molecular weight excluding hydrogens is 721 g/mol. The van der Waals surface area contributed by atoms with Gasteiger partial charge in [0.25, 0.3) is 0 Å². The molecule has 1 unspecified atom stereocenters. The van der Waals surface area contributed by atoms with E-state index in [0.29, 0.717) is 19.3 Å². The molecule has 0 aliphatic carbocycles. The first-order chi connectivity index (χ1) is 28.5. The molecule has 0 bridgehead atoms. The Balaban J connectivity index is 4.51. The number of ether oxygens (including phenoxy) is 3. The lowest BCUT2D eigenvalue weighted by molar-refractivity contribution is -0.167. The zero-order valence-electron chi connectivity index (χ0n) is 37.0. The zero-order valence-corrected chi connectivity index (χ0v) is 37.0. The highest BCUT2D eigenvalue weighted by Crippen LogP contribution is 2.13. The van der Waals surface area contributed by atoms with Gasteiger partial charge in [-0.05, 0) is 77.0 Å². The summed E-state index contributed by atoms with van der Waals surface area (Å²) in [5.41, 5.74) is 0. The van der Waals surface area contributed by atoms with E-state index in [1.54, 1.807) is 0 Å². The van der Waals surface area contributed by atoms with Crippen LogP contribution in [0.25, 0.3) is 0 Å². The van der Waals surface area contributed by atoms with Crippen molar-refractivity contribution in [3.63, 3.8) is 0 Å². The third kappa shape index (κ3) is 43.2. The molecule has 1 atom stereocenters. The van der Waals surface area contributed by atoms with Crippen LogP contribution in [-0.4, -0.2) is 37.2 Å². The van der Waals surface area contributed by atoms with Crippen molar-refractivity contribution in [2.75, 3.05) is 13.2 Å². The number of hydrogen-bond donors (Lipinski definition) is 0. The molecule has 0 heterocycles. The van der Waals surface area contributed by atoms with Gasteiger partial charge < -0.3 is 14.2 Å². The molecule has 326 valence electrons. The molecule has 0 N–H and O–H groups in total. The van der Waals surface area contributed by atoms with E-state index in [9.17, 15) is 14.4 Å². The summed E-state index contributed by atoms with van der Waals surface area (Å²) in [6.07, 6.45) is 60.7. The van der Waals surface area contributed by atoms with Gasteiger partial charge >= 0.3 is 17.9 Å². The topological polar surface area (TPSA) is 78.9 Å². The largest absolute Gasteiger partial charge is 0.462 e. The van der Waals surface area contributed by atoms with E-state index in [-0.39, 0.29) is 31.1 Å². The van der Waals surface area contributed by atoms with Crippen LogP contribution in [0, 0.1) is 0 Å². The molecule has 0 rings (SSSR count). The van der Waals surface area contributed by atoms with Crippen molar-refractivity contribution in [1.29, 1.82) is 0 Å². The SMILES string of the molecule is CC\C=C/C=C\C=C/C=C\C=C/CCCCCC(=O)OCC(COC(=O)CCCCCC/C=C\CCCC)OC(=O)CCCCCCCCC\C=C/C=C\C=C/CC. The van der Waals surface area contributed by atoms with Gasteiger partial charge in [-0.1, -0.05) is 194 Å². The van der Waals surface area contributed by atoms with Crippen LogP contribution in [0.2, 0.25) is 0 Å². The van der Waals surface area contributed by atoms with Crippen molar-refractivity contribution in [3.05, 3.63) is 109 Å². The summed E-state index contributed by atoms with van der Waals surface area (Å²) >= 11 is 0. The normalized spacial score (nSPS) is 13.1. The summed E-state index contributed by atoms with van der Waals surface area (Å²) in [7, 11) is 0. The lowest BCUT2D eigenvalue weighted by atomic mass is 10.1. The van der Waals surface area contributed by atoms with Crippen molar-refractivity contribution < 1.29 is 28.6 Å². The van der Waals surface area contributed by atoms with Crippen LogP contribution in [0.5, 0.6) is 0 Å². The van der Waals surface area contributed by atoms with Gasteiger partial charge in [0.15, 0.2) is 6.10 Å². The first-order valence-electron chi connectivity index (χ1n) is 23.0. The van der Waals surface area contributed by atoms with Crippen molar-refractivity contribution in [2.45, 2.75) is 187 Å². The highest BCUT2D eigenvalue weighted by atomic mass is 16.6. The van der Waals surface area contributed by atoms with Crippen LogP contribution in [0.1, 0.15) is 181 Å². The van der Waals surface area contributed by atoms with Crippen LogP contribution >= 0.6 is 0 Å². The number of allylic oxidation sites excluding steroid dienone is 18. The smallest absolute Gasteiger partial charge is 0.306 e. The van der Waals surface area contributed by atoms with Crippen LogP contribution in [0.4, 0.5) is 0 Å². The summed E-state index contributed by atoms with van der Waals surface area (Å²) in [6.45, 7) is 6.23. The van der Waals surface area contributed by atoms with Crippen molar-refractivity contribution in [1.82, 2.24) is 0 Å². The van der Waals surface area contributed by atoms with E-state index in [1.807, 2.05) is 48.6 Å². The Labute approximate surface area is 355 Å². The first kappa shape index (κ1) is 54.1. The van der Waals surface area contributed by atoms with Crippen molar-refractivity contribution in [2.24, 2.45) is 0 Å². The molecular formula is C52H82O6. The minimum atomic E-state index is -0.806. The van der Waals surface area contributed by atoms with Gasteiger partial charge in [-0.15, -0.1) is 0 Å². The van der Waals surface area contributed by atoms with Gasteiger partial charge in [0.05, 0.1) is 0 Å². The minimum Gasteiger partial charge on any atom is -0.462 e. The second kappa shape index (κ2) is 45.8. The third-order valence-corrected chi connectivity index (χ3v) is 9.18. The Kier molecular flexibility index (Phi) is 42.7. The average molecular weight is 803 g/mol. The van der Waals surface area contributed by atoms with E-state index in [2.05, 4.69) is 81.5 Å². The molecule has 0 fully saturated rings. The fourth-order valence-corrected chi connectivity index (χ4v) is 5.74. The molecule has 0 aromatic carbocycles. The fraction of sp³-hybridized carbons (Fsp3) is 0.596. The Hall–Kier alpha value is -3.93. The predicted octanol–water partition coefficient (Wildman–Crippen LogP) is 14.8. The average Bonchev–Trinajstić information content (AvgIpc) is 3.22. The molecule has 0 aromatic heterocycles. The molecule has 0 saturated heterocycles. The summed E-state index contributed by atoms with van der Waals surface area (Å²) in [6, 6.07) is 0. The fourth-order valence-electron chi connectivity index (χ4n) is 5.74. The second-order valence-corrected chi connectivity index (χ2v) is 14.7. The molecule has 0 aliphatic rings. The zero-order chi connectivity index (χ0) is 42.3. The minimum absolute atomic E-state index is 0.106. The van der Waals surface area contributed by atoms with Crippen molar-refractivity contribution >= 4 is 17.9 Å². The lowest BCUT2D eigenvalue weighted by Crippen LogP contribution is -2.30. The van der Waals surface area contributed by atoms with Gasteiger partial charge in [0.1, 0.15) is 13.2 Å². The number of hydrogen-bond acceptors (Lipinski definition) is 6. The monoisotopic (exact) mass is 803 g/mol. The molecule has 0 radical (unpaired) electrons. The maximum Gasteiger partial charge on any atom is 0.306 e. The van der Waals surface area contributed by atoms with Crippen molar-refractivity contribution in [3.8, 4) is 0 Å². The van der Waals surface area contributed by atoms with Gasteiger partial charge in [-0.25, -0.2) is 0 Å². The van der Waals surface area contributed by atoms with Gasteiger partial charge in [0, 0.05) is 19.3 Å².